The second-order valence-electron chi connectivity index (χ2n) is 4.61. The minimum Gasteiger partial charge on any atom is -0.353 e. The number of nitrogens with zero attached hydrogens (tertiary/aromatic N) is 2. The van der Waals surface area contributed by atoms with E-state index < -0.39 is 26.0 Å². The molecule has 0 aliphatic carbocycles. The topological polar surface area (TPSA) is 39.7 Å². The van der Waals surface area contributed by atoms with Crippen LogP contribution in [0.25, 0.3) is 0 Å². The molecule has 2 aliphatic heterocycles. The molecule has 1 fully saturated rings. The zero-order valence-electron chi connectivity index (χ0n) is 19.2. The lowest BCUT2D eigenvalue weighted by molar-refractivity contribution is 0.358. The lowest BCUT2D eigenvalue weighted by Gasteiger charge is -2.30. The van der Waals surface area contributed by atoms with Crippen molar-refractivity contribution in [1.29, 1.82) is 0 Å². The molecule has 5 heteroatoms. The number of fused-ring (bicyclic) bond motifs is 2. The Morgan fingerprint density at radius 3 is 2.95 bits per heavy atom. The molecule has 1 aromatic heterocycles. The van der Waals surface area contributed by atoms with E-state index in [1.165, 1.54) is 11.3 Å². The third-order valence-electron chi connectivity index (χ3n) is 3.15. The Kier molecular flexibility index (Phi) is 1.71. The standard InChI is InChI=1S/C16H18N4S/c1-11-10-12-15(20-8-6-17-7-9-20)18-13-4-2-3-5-14(13)19-16(12)21-11/h2-5,10,17,19H,6-9H2,1H3/i6D2,7D2,8D2,9D2. The van der Waals surface area contributed by atoms with Crippen LogP contribution in [0.15, 0.2) is 35.3 Å². The normalized spacial score (nSPS) is 32.6. The molecular weight excluding hydrogens is 280 g/mol. The van der Waals surface area contributed by atoms with Gasteiger partial charge in [0, 0.05) is 36.3 Å². The second kappa shape index (κ2) is 5.16. The van der Waals surface area contributed by atoms with Crippen molar-refractivity contribution in [2.75, 3.05) is 31.3 Å². The van der Waals surface area contributed by atoms with Crippen LogP contribution in [0.2, 0.25) is 0 Å². The number of piperazine rings is 1. The first-order chi connectivity index (χ1) is 13.3. The Bertz CT molecular complexity index is 990. The maximum atomic E-state index is 8.41. The molecular formula is C16H18N4S. The van der Waals surface area contributed by atoms with Gasteiger partial charge in [-0.15, -0.1) is 11.3 Å². The Balaban J connectivity index is 2.03. The van der Waals surface area contributed by atoms with Crippen LogP contribution in [-0.2, 0) is 0 Å². The molecule has 4 rings (SSSR count). The van der Waals surface area contributed by atoms with Gasteiger partial charge in [-0.05, 0) is 25.1 Å². The molecule has 2 aromatic rings. The number of nitrogens with one attached hydrogen (secondary N) is 2. The number of para-hydroxylation sites is 2. The smallest absolute Gasteiger partial charge is 0.139 e. The summed E-state index contributed by atoms with van der Waals surface area (Å²) >= 11 is 1.37. The fourth-order valence-electron chi connectivity index (χ4n) is 2.25. The number of anilines is 2. The largest absolute Gasteiger partial charge is 0.353 e. The molecule has 21 heavy (non-hydrogen) atoms. The van der Waals surface area contributed by atoms with Crippen molar-refractivity contribution in [3.05, 3.63) is 40.8 Å². The minimum absolute atomic E-state index is 0.175. The summed E-state index contributed by atoms with van der Waals surface area (Å²) in [6.07, 6.45) is 0. The van der Waals surface area contributed by atoms with Crippen molar-refractivity contribution < 1.29 is 11.0 Å². The van der Waals surface area contributed by atoms with E-state index >= 15 is 0 Å². The summed E-state index contributed by atoms with van der Waals surface area (Å²) in [6.45, 7) is -9.85. The lowest BCUT2D eigenvalue weighted by atomic mass is 10.2. The van der Waals surface area contributed by atoms with Gasteiger partial charge in [-0.2, -0.15) is 0 Å². The summed E-state index contributed by atoms with van der Waals surface area (Å²) in [5.74, 6) is -0.175. The van der Waals surface area contributed by atoms with Gasteiger partial charge >= 0.3 is 0 Å². The number of aliphatic imine (C=N–C) groups is 1. The van der Waals surface area contributed by atoms with Gasteiger partial charge in [-0.1, -0.05) is 12.1 Å². The first kappa shape index (κ1) is 6.94. The molecule has 0 radical (unpaired) electrons. The maximum Gasteiger partial charge on any atom is 0.139 e. The highest BCUT2D eigenvalue weighted by Crippen LogP contribution is 2.38. The average Bonchev–Trinajstić information content (AvgIpc) is 2.86. The molecule has 1 saturated heterocycles. The van der Waals surface area contributed by atoms with E-state index in [1.807, 2.05) is 12.2 Å². The monoisotopic (exact) mass is 306 g/mol. The molecule has 0 amide bonds. The summed E-state index contributed by atoms with van der Waals surface area (Å²) in [6, 6.07) is 8.68. The second-order valence-corrected chi connectivity index (χ2v) is 5.87. The zero-order valence-corrected chi connectivity index (χ0v) is 12.0. The third-order valence-corrected chi connectivity index (χ3v) is 4.11. The maximum absolute atomic E-state index is 8.41. The van der Waals surface area contributed by atoms with Crippen molar-refractivity contribution in [1.82, 2.24) is 10.2 Å². The van der Waals surface area contributed by atoms with Crippen LogP contribution in [0, 0.1) is 6.92 Å². The predicted molar refractivity (Wildman–Crippen MR) is 89.4 cm³/mol. The van der Waals surface area contributed by atoms with Crippen LogP contribution in [0.5, 0.6) is 0 Å². The number of hydrogen-bond donors (Lipinski definition) is 2. The van der Waals surface area contributed by atoms with Gasteiger partial charge in [-0.25, -0.2) is 4.99 Å². The Labute approximate surface area is 139 Å². The minimum atomic E-state index is -2.95. The van der Waals surface area contributed by atoms with Gasteiger partial charge in [-0.3, -0.25) is 0 Å². The highest BCUT2D eigenvalue weighted by molar-refractivity contribution is 7.16. The first-order valence-corrected chi connectivity index (χ1v) is 7.25. The van der Waals surface area contributed by atoms with Crippen LogP contribution < -0.4 is 10.6 Å². The molecule has 4 nitrogen and oxygen atoms in total. The van der Waals surface area contributed by atoms with Crippen molar-refractivity contribution in [3.8, 4) is 0 Å². The molecule has 0 spiro atoms. The van der Waals surface area contributed by atoms with Crippen LogP contribution in [-0.4, -0.2) is 36.7 Å². The van der Waals surface area contributed by atoms with Crippen LogP contribution in [0.3, 0.4) is 0 Å². The molecule has 0 bridgehead atoms. The number of aryl methyl sites for hydroxylation is 1. The lowest BCUT2D eigenvalue weighted by Crippen LogP contribution is -2.46. The van der Waals surface area contributed by atoms with Crippen LogP contribution >= 0.6 is 11.3 Å². The number of rotatable bonds is 0. The molecule has 2 N–H and O–H groups in total. The Morgan fingerprint density at radius 1 is 1.29 bits per heavy atom. The summed E-state index contributed by atoms with van der Waals surface area (Å²) in [7, 11) is 0. The van der Waals surface area contributed by atoms with Gasteiger partial charge in [0.25, 0.3) is 0 Å². The summed E-state index contributed by atoms with van der Waals surface area (Å²) < 4.78 is 65.9. The first-order valence-electron chi connectivity index (χ1n) is 10.4. The fourth-order valence-corrected chi connectivity index (χ4v) is 3.17. The highest BCUT2D eigenvalue weighted by Gasteiger charge is 2.24. The number of thiophene rings is 1. The van der Waals surface area contributed by atoms with E-state index in [2.05, 4.69) is 10.3 Å². The van der Waals surface area contributed by atoms with Crippen LogP contribution in [0.1, 0.15) is 21.4 Å². The van der Waals surface area contributed by atoms with Crippen molar-refractivity contribution >= 4 is 33.5 Å². The molecule has 3 heterocycles. The quantitative estimate of drug-likeness (QED) is 0.786. The predicted octanol–water partition coefficient (Wildman–Crippen LogP) is 3.10. The van der Waals surface area contributed by atoms with E-state index in [0.29, 0.717) is 26.8 Å². The van der Waals surface area contributed by atoms with Gasteiger partial charge in [0.1, 0.15) is 10.8 Å². The van der Waals surface area contributed by atoms with Gasteiger partial charge in [0.2, 0.25) is 0 Å². The van der Waals surface area contributed by atoms with Crippen molar-refractivity contribution in [2.24, 2.45) is 4.99 Å². The number of benzene rings is 1. The summed E-state index contributed by atoms with van der Waals surface area (Å²) in [4.78, 5) is 5.84. The number of amidine groups is 1. The molecule has 1 aromatic carbocycles. The van der Waals surface area contributed by atoms with Crippen molar-refractivity contribution in [2.45, 2.75) is 6.92 Å². The average molecular weight is 306 g/mol. The van der Waals surface area contributed by atoms with E-state index in [-0.39, 0.29) is 5.84 Å². The summed E-state index contributed by atoms with van der Waals surface area (Å²) in [5.41, 5.74) is 1.42. The van der Waals surface area contributed by atoms with E-state index in [0.717, 1.165) is 4.88 Å². The van der Waals surface area contributed by atoms with Crippen molar-refractivity contribution in [3.63, 3.8) is 0 Å². The molecule has 0 atom stereocenters. The Hall–Kier alpha value is -1.85. The van der Waals surface area contributed by atoms with E-state index in [9.17, 15) is 0 Å². The molecule has 0 saturated carbocycles. The Morgan fingerprint density at radius 2 is 2.10 bits per heavy atom. The zero-order chi connectivity index (χ0) is 21.4. The molecule has 2 aliphatic rings. The summed E-state index contributed by atoms with van der Waals surface area (Å²) in [5, 5.41) is 5.67. The molecule has 0 unspecified atom stereocenters. The third kappa shape index (κ3) is 2.32. The fraction of sp³-hybridized carbons (Fsp3) is 0.312. The van der Waals surface area contributed by atoms with Crippen LogP contribution in [0.4, 0.5) is 16.4 Å². The molecule has 108 valence electrons. The van der Waals surface area contributed by atoms with Gasteiger partial charge < -0.3 is 15.5 Å². The van der Waals surface area contributed by atoms with Gasteiger partial charge in [0.15, 0.2) is 0 Å². The highest BCUT2D eigenvalue weighted by atomic mass is 32.1. The SMILES string of the molecule is [2H]C1([2H])NC([2H])([2H])C([2H])([2H])N(C2=Nc3ccccc3Nc3sc(C)cc32)C1([2H])[2H]. The van der Waals surface area contributed by atoms with E-state index in [1.54, 1.807) is 30.3 Å². The van der Waals surface area contributed by atoms with Gasteiger partial charge in [0.05, 0.1) is 22.4 Å². The number of hydrogen-bond acceptors (Lipinski definition) is 5. The van der Waals surface area contributed by atoms with E-state index in [4.69, 9.17) is 11.0 Å².